The van der Waals surface area contributed by atoms with Crippen LogP contribution in [0.4, 0.5) is 0 Å². The van der Waals surface area contributed by atoms with E-state index in [-0.39, 0.29) is 0 Å². The highest BCUT2D eigenvalue weighted by Crippen LogP contribution is 2.24. The standard InChI is InChI=1S/C6H5BrN2S/c1-4-2-8-9-3-5(7)10-6(4)9/h2-3H,1H3. The smallest absolute Gasteiger partial charge is 0.123 e. The molecule has 0 aliphatic rings. The maximum absolute atomic E-state index is 4.14. The second-order valence-electron chi connectivity index (χ2n) is 2.11. The highest BCUT2D eigenvalue weighted by atomic mass is 79.9. The molecule has 2 aromatic heterocycles. The number of hydrogen-bond acceptors (Lipinski definition) is 2. The normalized spacial score (nSPS) is 11.0. The van der Waals surface area contributed by atoms with Crippen molar-refractivity contribution >= 4 is 32.1 Å². The van der Waals surface area contributed by atoms with Gasteiger partial charge >= 0.3 is 0 Å². The molecule has 0 radical (unpaired) electrons. The molecule has 2 heterocycles. The summed E-state index contributed by atoms with van der Waals surface area (Å²) in [4.78, 5) is 1.21. The summed E-state index contributed by atoms with van der Waals surface area (Å²) in [6, 6.07) is 0. The number of hydrogen-bond donors (Lipinski definition) is 0. The molecule has 0 bridgehead atoms. The van der Waals surface area contributed by atoms with Crippen LogP contribution >= 0.6 is 27.3 Å². The molecule has 0 spiro atoms. The molecule has 2 rings (SSSR count). The van der Waals surface area contributed by atoms with E-state index >= 15 is 0 Å². The molecule has 0 aromatic carbocycles. The quantitative estimate of drug-likeness (QED) is 0.662. The van der Waals surface area contributed by atoms with Gasteiger partial charge in [-0.2, -0.15) is 5.10 Å². The lowest BCUT2D eigenvalue weighted by Gasteiger charge is -1.76. The summed E-state index contributed by atoms with van der Waals surface area (Å²) in [6.07, 6.45) is 3.84. The highest BCUT2D eigenvalue weighted by molar-refractivity contribution is 9.11. The van der Waals surface area contributed by atoms with Gasteiger partial charge in [0.1, 0.15) is 4.83 Å². The van der Waals surface area contributed by atoms with Crippen LogP contribution in [0, 0.1) is 6.92 Å². The first-order valence-electron chi connectivity index (χ1n) is 2.86. The Kier molecular flexibility index (Phi) is 1.32. The van der Waals surface area contributed by atoms with Crippen LogP contribution in [0.3, 0.4) is 0 Å². The van der Waals surface area contributed by atoms with Gasteiger partial charge in [0.2, 0.25) is 0 Å². The summed E-state index contributed by atoms with van der Waals surface area (Å²) in [7, 11) is 0. The third-order valence-corrected chi connectivity index (χ3v) is 3.03. The molecule has 0 fully saturated rings. The summed E-state index contributed by atoms with van der Waals surface area (Å²) < 4.78 is 3.00. The van der Waals surface area contributed by atoms with E-state index in [2.05, 4.69) is 28.0 Å². The van der Waals surface area contributed by atoms with E-state index in [0.29, 0.717) is 0 Å². The molecule has 0 saturated carbocycles. The predicted octanol–water partition coefficient (Wildman–Crippen LogP) is 2.47. The Balaban J connectivity index is 2.90. The van der Waals surface area contributed by atoms with Gasteiger partial charge in [0, 0.05) is 5.56 Å². The van der Waals surface area contributed by atoms with Crippen LogP contribution in [-0.4, -0.2) is 9.61 Å². The fourth-order valence-corrected chi connectivity index (χ4v) is 2.27. The minimum Gasteiger partial charge on any atom is -0.229 e. The molecule has 0 amide bonds. The van der Waals surface area contributed by atoms with Gasteiger partial charge in [-0.1, -0.05) is 0 Å². The Hall–Kier alpha value is -0.350. The lowest BCUT2D eigenvalue weighted by Crippen LogP contribution is -1.74. The maximum atomic E-state index is 4.14. The van der Waals surface area contributed by atoms with E-state index in [1.54, 1.807) is 11.3 Å². The zero-order chi connectivity index (χ0) is 7.14. The van der Waals surface area contributed by atoms with Crippen molar-refractivity contribution in [3.8, 4) is 0 Å². The average Bonchev–Trinajstić information content (AvgIpc) is 2.35. The molecule has 2 aromatic rings. The van der Waals surface area contributed by atoms with Crippen LogP contribution < -0.4 is 0 Å². The van der Waals surface area contributed by atoms with Crippen molar-refractivity contribution in [3.63, 3.8) is 0 Å². The zero-order valence-electron chi connectivity index (χ0n) is 5.34. The Morgan fingerprint density at radius 1 is 1.70 bits per heavy atom. The Morgan fingerprint density at radius 3 is 3.20 bits per heavy atom. The molecule has 52 valence electrons. The fraction of sp³-hybridized carbons (Fsp3) is 0.167. The molecule has 0 unspecified atom stereocenters. The average molecular weight is 217 g/mol. The van der Waals surface area contributed by atoms with Gasteiger partial charge in [-0.25, -0.2) is 4.52 Å². The molecule has 10 heavy (non-hydrogen) atoms. The summed E-state index contributed by atoms with van der Waals surface area (Å²) in [6.45, 7) is 2.06. The number of nitrogens with zero attached hydrogens (tertiary/aromatic N) is 2. The van der Waals surface area contributed by atoms with Gasteiger partial charge in [0.15, 0.2) is 0 Å². The summed E-state index contributed by atoms with van der Waals surface area (Å²) in [5.41, 5.74) is 1.23. The largest absolute Gasteiger partial charge is 0.229 e. The molecule has 0 aliphatic heterocycles. The van der Waals surface area contributed by atoms with E-state index in [1.807, 2.05) is 16.9 Å². The second kappa shape index (κ2) is 2.07. The Labute approximate surface area is 70.6 Å². The lowest BCUT2D eigenvalue weighted by molar-refractivity contribution is 0.975. The van der Waals surface area contributed by atoms with Crippen molar-refractivity contribution in [2.45, 2.75) is 6.92 Å². The van der Waals surface area contributed by atoms with Crippen molar-refractivity contribution in [1.82, 2.24) is 9.61 Å². The molecule has 4 heteroatoms. The number of aryl methyl sites for hydroxylation is 1. The summed E-state index contributed by atoms with van der Waals surface area (Å²) in [5.74, 6) is 0. The van der Waals surface area contributed by atoms with Gasteiger partial charge in [-0.05, 0) is 22.9 Å². The number of fused-ring (bicyclic) bond motifs is 1. The van der Waals surface area contributed by atoms with Crippen molar-refractivity contribution in [1.29, 1.82) is 0 Å². The van der Waals surface area contributed by atoms with E-state index in [9.17, 15) is 0 Å². The van der Waals surface area contributed by atoms with E-state index in [0.717, 1.165) is 3.79 Å². The molecular formula is C6H5BrN2S. The van der Waals surface area contributed by atoms with Crippen LogP contribution in [0.5, 0.6) is 0 Å². The fourth-order valence-electron chi connectivity index (χ4n) is 0.871. The van der Waals surface area contributed by atoms with Gasteiger partial charge in [0.05, 0.1) is 16.2 Å². The molecule has 0 aliphatic carbocycles. The van der Waals surface area contributed by atoms with Crippen molar-refractivity contribution < 1.29 is 0 Å². The molecule has 0 saturated heterocycles. The van der Waals surface area contributed by atoms with Crippen LogP contribution in [0.1, 0.15) is 5.56 Å². The van der Waals surface area contributed by atoms with Gasteiger partial charge in [-0.3, -0.25) is 0 Å². The summed E-state index contributed by atoms with van der Waals surface area (Å²) >= 11 is 5.10. The van der Waals surface area contributed by atoms with Crippen LogP contribution in [0.15, 0.2) is 16.2 Å². The number of aromatic nitrogens is 2. The minimum atomic E-state index is 1.12. The van der Waals surface area contributed by atoms with Crippen LogP contribution in [0.25, 0.3) is 4.83 Å². The van der Waals surface area contributed by atoms with E-state index in [4.69, 9.17) is 0 Å². The lowest BCUT2D eigenvalue weighted by atomic mass is 10.4. The topological polar surface area (TPSA) is 17.3 Å². The molecule has 2 nitrogen and oxygen atoms in total. The minimum absolute atomic E-state index is 1.12. The van der Waals surface area contributed by atoms with Crippen LogP contribution in [0.2, 0.25) is 0 Å². The van der Waals surface area contributed by atoms with Crippen LogP contribution in [-0.2, 0) is 0 Å². The van der Waals surface area contributed by atoms with Crippen molar-refractivity contribution in [2.75, 3.05) is 0 Å². The van der Waals surface area contributed by atoms with Crippen molar-refractivity contribution in [2.24, 2.45) is 0 Å². The second-order valence-corrected chi connectivity index (χ2v) is 4.52. The first-order chi connectivity index (χ1) is 4.77. The third kappa shape index (κ3) is 0.793. The number of thiazole rings is 1. The SMILES string of the molecule is Cc1cnn2cc(Br)sc12. The highest BCUT2D eigenvalue weighted by Gasteiger charge is 2.01. The van der Waals surface area contributed by atoms with Gasteiger partial charge in [-0.15, -0.1) is 11.3 Å². The predicted molar refractivity (Wildman–Crippen MR) is 45.5 cm³/mol. The Morgan fingerprint density at radius 2 is 2.50 bits per heavy atom. The van der Waals surface area contributed by atoms with Gasteiger partial charge in [0.25, 0.3) is 0 Å². The first kappa shape index (κ1) is 6.37. The zero-order valence-corrected chi connectivity index (χ0v) is 7.74. The number of halogens is 1. The maximum Gasteiger partial charge on any atom is 0.123 e. The molecular weight excluding hydrogens is 212 g/mol. The summed E-state index contributed by atoms with van der Waals surface area (Å²) in [5, 5.41) is 4.14. The molecule has 0 N–H and O–H groups in total. The Bertz CT molecular complexity index is 363. The first-order valence-corrected chi connectivity index (χ1v) is 4.47. The monoisotopic (exact) mass is 216 g/mol. The van der Waals surface area contributed by atoms with Gasteiger partial charge < -0.3 is 0 Å². The number of rotatable bonds is 0. The third-order valence-electron chi connectivity index (χ3n) is 1.34. The van der Waals surface area contributed by atoms with E-state index in [1.165, 1.54) is 10.4 Å². The van der Waals surface area contributed by atoms with E-state index < -0.39 is 0 Å². The van der Waals surface area contributed by atoms with Crippen molar-refractivity contribution in [3.05, 3.63) is 21.7 Å². The molecule has 0 atom stereocenters.